The first-order valence-electron chi connectivity index (χ1n) is 42.6. The SMILES string of the molecule is CC1=CC[C@@H]2[C@@H](C1)c1c(O)cc(C(C)(C)C(=O)Cl)cc1OC2(C)C.CCCCCC.CCCCCNC(=O)C(C)(C)c1cc(O)c2c(c1)OC(C)(C)[C@@H]1CC=C(C)C[C@@H]21.CCCN(CCC)S(F)(F)F.CCCS.CCCSC(=O)C(C)(C)c1cc(O)c2c(c1)OC(C)(C)[C@@H]1CC=C(C)C[C@@H]21.CCN(CC)CC.c1ccncc1. The second-order valence-corrected chi connectivity index (χ2v) is 37.7. The van der Waals surface area contributed by atoms with Gasteiger partial charge >= 0.3 is 0 Å². The quantitative estimate of drug-likeness (QED) is 0.0195. The Bertz CT molecular complexity index is 3660. The molecule has 0 radical (unpaired) electrons. The molecule has 13 nitrogen and oxygen atoms in total. The van der Waals surface area contributed by atoms with Crippen molar-refractivity contribution < 1.29 is 55.6 Å². The number of thioether (sulfide) groups is 1. The molecule has 4 aromatic rings. The normalized spacial score (nSPS) is 19.8. The van der Waals surface area contributed by atoms with Crippen LogP contribution in [0, 0.1) is 17.8 Å². The lowest BCUT2D eigenvalue weighted by molar-refractivity contribution is -0.125. The summed E-state index contributed by atoms with van der Waals surface area (Å²) in [5.74, 6) is 6.45. The summed E-state index contributed by atoms with van der Waals surface area (Å²) in [7, 11) is 0. The standard InChI is InChI=1S/C25H37NO3.C23H32O3S.C20H25ClO3.C6H14F3NS.C6H15N.C6H14.C5H5N.C3H8S/c1-7-8-9-12-26-23(28)24(3,4)17-14-20(27)22-18-13-16(2)10-11-19(18)25(5,6)29-21(22)15-17;1-7-10-27-21(25)22(3,4)15-12-18(24)20-16-11-14(2)8-9-17(16)23(5,6)26-19(20)13-15;1-11-6-7-14-13(8-11)17-15(22)9-12(19(2,3)18(21)23)10-16(17)24-20(14,4)5;1-3-5-10(6-4-2)11(7,8)9;1-4-7(5-2)6-3;1-3-5-6-4-2;1-2-4-6-5-3-1;1-2-3-4/h10,14-15,18-19,27H,7-9,11-13H2,1-6H3,(H,26,28);8,12-13,16-17,24H,7,9-11H2,1-6H3;6,9-10,13-14,22H,7-8H2,1-5H3;3-6H2,1-2H3;4-6H2,1-3H3;3-6H2,1-2H3;1-5H;4H,2-3H2,1H3/t18-,19-;16-,17-;13-,14-;;;;;/m111...../s1. The van der Waals surface area contributed by atoms with Crippen LogP contribution in [0.3, 0.4) is 0 Å². The lowest BCUT2D eigenvalue weighted by atomic mass is 9.66. The molecule has 0 spiro atoms. The van der Waals surface area contributed by atoms with Crippen molar-refractivity contribution in [3.8, 4) is 34.5 Å². The maximum absolute atomic E-state index is 12.9. The number of benzene rings is 3. The summed E-state index contributed by atoms with van der Waals surface area (Å²) in [6, 6.07) is 16.8. The van der Waals surface area contributed by atoms with Gasteiger partial charge in [-0.25, -0.2) is 0 Å². The Morgan fingerprint density at radius 2 is 0.877 bits per heavy atom. The number of carbonyl (C=O) groups excluding carboxylic acids is 3. The van der Waals surface area contributed by atoms with Crippen molar-refractivity contribution >= 4 is 63.6 Å². The van der Waals surface area contributed by atoms with Crippen LogP contribution in [0.4, 0.5) is 11.7 Å². The molecule has 1 aromatic heterocycles. The van der Waals surface area contributed by atoms with Crippen molar-refractivity contribution in [1.29, 1.82) is 0 Å². The minimum atomic E-state index is -4.96. The van der Waals surface area contributed by atoms with E-state index in [4.69, 9.17) is 25.8 Å². The molecule has 0 saturated carbocycles. The Labute approximate surface area is 705 Å². The van der Waals surface area contributed by atoms with Crippen LogP contribution < -0.4 is 19.5 Å². The molecule has 0 bridgehead atoms. The lowest BCUT2D eigenvalue weighted by Gasteiger charge is -2.47. The zero-order chi connectivity index (χ0) is 86.3. The lowest BCUT2D eigenvalue weighted by Crippen LogP contribution is -2.45. The van der Waals surface area contributed by atoms with E-state index >= 15 is 0 Å². The van der Waals surface area contributed by atoms with Gasteiger partial charge in [0.1, 0.15) is 51.3 Å². The number of carbonyl (C=O) groups is 3. The monoisotopic (exact) mass is 1670 g/mol. The highest BCUT2D eigenvalue weighted by Crippen LogP contribution is 2.59. The third kappa shape index (κ3) is 29.6. The Hall–Kier alpha value is -5.31. The molecule has 0 fully saturated rings. The molecule has 3 aliphatic heterocycles. The molecule has 4 N–H and O–H groups in total. The van der Waals surface area contributed by atoms with Gasteiger partial charge < -0.3 is 39.7 Å². The second kappa shape index (κ2) is 48.1. The van der Waals surface area contributed by atoms with E-state index in [0.717, 1.165) is 115 Å². The number of aromatic nitrogens is 1. The van der Waals surface area contributed by atoms with Crippen molar-refractivity contribution in [2.45, 2.75) is 333 Å². The van der Waals surface area contributed by atoms with Gasteiger partial charge in [-0.15, -0.1) is 11.7 Å². The molecular weight excluding hydrogens is 1520 g/mol. The molecule has 0 saturated heterocycles. The van der Waals surface area contributed by atoms with Gasteiger partial charge in [0.2, 0.25) is 11.1 Å². The van der Waals surface area contributed by atoms with Gasteiger partial charge in [0, 0.05) is 90.0 Å². The number of hydrogen-bond donors (Lipinski definition) is 5. The summed E-state index contributed by atoms with van der Waals surface area (Å²) in [5, 5.41) is 35.4. The van der Waals surface area contributed by atoms with Crippen LogP contribution in [-0.4, -0.2) is 113 Å². The predicted molar refractivity (Wildman–Crippen MR) is 481 cm³/mol. The highest BCUT2D eigenvalue weighted by molar-refractivity contribution is 8.18. The maximum atomic E-state index is 12.9. The van der Waals surface area contributed by atoms with Crippen molar-refractivity contribution in [2.75, 3.05) is 50.8 Å². The zero-order valence-corrected chi connectivity index (χ0v) is 77.9. The molecule has 6 atom stereocenters. The topological polar surface area (TPSA) is 171 Å². The minimum absolute atomic E-state index is 0.0163. The summed E-state index contributed by atoms with van der Waals surface area (Å²) >= 11 is 6.09. The average Bonchev–Trinajstić information content (AvgIpc) is 0.748. The molecule has 10 rings (SSSR count). The van der Waals surface area contributed by atoms with Crippen LogP contribution in [0.5, 0.6) is 34.5 Å². The zero-order valence-electron chi connectivity index (χ0n) is 74.6. The number of aromatic hydroxyl groups is 3. The third-order valence-corrected chi connectivity index (χ3v) is 26.3. The number of pyridine rings is 1. The van der Waals surface area contributed by atoms with Gasteiger partial charge in [-0.3, -0.25) is 19.4 Å². The highest BCUT2D eigenvalue weighted by atomic mass is 35.5. The fourth-order valence-electron chi connectivity index (χ4n) is 15.6. The van der Waals surface area contributed by atoms with Gasteiger partial charge in [0.25, 0.3) is 11.4 Å². The largest absolute Gasteiger partial charge is 0.508 e. The van der Waals surface area contributed by atoms with Gasteiger partial charge in [-0.05, 0) is 277 Å². The molecule has 646 valence electrons. The van der Waals surface area contributed by atoms with Crippen molar-refractivity contribution in [3.05, 3.63) is 135 Å². The summed E-state index contributed by atoms with van der Waals surface area (Å²) in [5.41, 5.74) is 5.84. The number of unbranched alkanes of at least 4 members (excludes halogenated alkanes) is 5. The Morgan fingerprint density at radius 3 is 1.15 bits per heavy atom. The number of phenolic OH excluding ortho intramolecular Hbond substituents is 3. The summed E-state index contributed by atoms with van der Waals surface area (Å²) in [6.45, 7) is 55.8. The van der Waals surface area contributed by atoms with Crippen LogP contribution in [0.25, 0.3) is 0 Å². The highest BCUT2D eigenvalue weighted by Gasteiger charge is 2.50. The van der Waals surface area contributed by atoms with E-state index in [2.05, 4.69) is 164 Å². The molecule has 4 heterocycles. The number of nitrogens with zero attached hydrogens (tertiary/aromatic N) is 3. The second-order valence-electron chi connectivity index (χ2n) is 34.6. The Morgan fingerprint density at radius 1 is 0.535 bits per heavy atom. The average molecular weight is 1670 g/mol. The molecule has 1 amide bonds. The van der Waals surface area contributed by atoms with E-state index in [-0.39, 0.29) is 75.9 Å². The minimum Gasteiger partial charge on any atom is -0.508 e. The van der Waals surface area contributed by atoms with E-state index in [0.29, 0.717) is 52.8 Å². The van der Waals surface area contributed by atoms with E-state index in [9.17, 15) is 41.4 Å². The van der Waals surface area contributed by atoms with Crippen LogP contribution >= 0.6 is 47.4 Å². The van der Waals surface area contributed by atoms with Crippen molar-refractivity contribution in [1.82, 2.24) is 19.5 Å². The van der Waals surface area contributed by atoms with Gasteiger partial charge in [0.05, 0.1) is 16.2 Å². The van der Waals surface area contributed by atoms with Crippen molar-refractivity contribution in [2.24, 2.45) is 17.8 Å². The summed E-state index contributed by atoms with van der Waals surface area (Å²) in [4.78, 5) is 43.5. The smallest absolute Gasteiger partial charge is 0.278 e. The number of halogens is 4. The Balaban J connectivity index is 0.000000368. The van der Waals surface area contributed by atoms with Crippen LogP contribution in [0.1, 0.15) is 333 Å². The van der Waals surface area contributed by atoms with Gasteiger partial charge in [0.15, 0.2) is 5.12 Å². The molecule has 3 aliphatic carbocycles. The fourth-order valence-corrected chi connectivity index (χ4v) is 17.4. The third-order valence-electron chi connectivity index (χ3n) is 23.1. The molecule has 20 heteroatoms. The number of rotatable bonds is 24. The van der Waals surface area contributed by atoms with Crippen LogP contribution in [0.15, 0.2) is 102 Å². The molecular formula is C94H150ClF3N4O9S3. The molecule has 0 unspecified atom stereocenters. The maximum Gasteiger partial charge on any atom is 0.278 e. The van der Waals surface area contributed by atoms with Crippen LogP contribution in [0.2, 0.25) is 0 Å². The van der Waals surface area contributed by atoms with Crippen molar-refractivity contribution in [3.63, 3.8) is 0 Å². The number of amides is 1. The van der Waals surface area contributed by atoms with Gasteiger partial charge in [-0.1, -0.05) is 161 Å². The van der Waals surface area contributed by atoms with E-state index in [1.165, 1.54) is 80.2 Å². The number of nitrogens with one attached hydrogen (secondary N) is 1. The first-order valence-corrected chi connectivity index (χ1v) is 45.8. The van der Waals surface area contributed by atoms with E-state index in [1.807, 2.05) is 64.1 Å². The van der Waals surface area contributed by atoms with E-state index in [1.54, 1.807) is 58.3 Å². The fraction of sp³-hybridized carbons (Fsp3) is 0.660. The number of allylic oxidation sites excluding steroid dienone is 6. The first-order chi connectivity index (χ1) is 53.4. The number of hydrogen-bond acceptors (Lipinski definition) is 14. The first kappa shape index (κ1) is 103. The number of ether oxygens (including phenoxy) is 3. The van der Waals surface area contributed by atoms with Crippen LogP contribution in [-0.2, 0) is 30.6 Å². The summed E-state index contributed by atoms with van der Waals surface area (Å²) < 4.78 is 56.0. The number of fused-ring (bicyclic) bond motifs is 9. The predicted octanol–water partition coefficient (Wildman–Crippen LogP) is 26.4. The van der Waals surface area contributed by atoms with Gasteiger partial charge in [-0.2, -0.15) is 16.9 Å². The summed E-state index contributed by atoms with van der Waals surface area (Å²) in [6.07, 6.45) is 28.1. The molecule has 114 heavy (non-hydrogen) atoms. The number of phenols is 3. The molecule has 3 aromatic carbocycles. The van der Waals surface area contributed by atoms with E-state index < -0.39 is 32.9 Å². The molecule has 6 aliphatic rings. The number of thiol groups is 1. The Kier molecular flexibility index (Phi) is 43.4.